The van der Waals surface area contributed by atoms with Gasteiger partial charge in [0.15, 0.2) is 6.29 Å². The maximum atomic E-state index is 9.71. The van der Waals surface area contributed by atoms with Crippen molar-refractivity contribution in [3.05, 3.63) is 0 Å². The molecule has 17 heavy (non-hydrogen) atoms. The third-order valence-corrected chi connectivity index (χ3v) is 3.06. The standard InChI is InChI=1S/C11H22O6/c1-6(12)7-8(13-2)9(14-3)10(15-4)11(16-5)17-7/h6-12H,1-5H3/t6-,7?,8+,9?,10?,11-/m0/s1. The summed E-state index contributed by atoms with van der Waals surface area (Å²) in [5.74, 6) is 0. The molecule has 0 radical (unpaired) electrons. The SMILES string of the molecule is COC1C(OC)[C@H](OC)C([C@H](C)O)O[C@@H]1OC. The number of aliphatic hydroxyl groups excluding tert-OH is 1. The molecule has 1 aliphatic rings. The van der Waals surface area contributed by atoms with Gasteiger partial charge >= 0.3 is 0 Å². The van der Waals surface area contributed by atoms with Crippen molar-refractivity contribution in [2.75, 3.05) is 28.4 Å². The molecule has 0 spiro atoms. The van der Waals surface area contributed by atoms with Crippen LogP contribution in [0.1, 0.15) is 6.92 Å². The number of ether oxygens (including phenoxy) is 5. The van der Waals surface area contributed by atoms with E-state index in [0.717, 1.165) is 0 Å². The Morgan fingerprint density at radius 3 is 1.76 bits per heavy atom. The van der Waals surface area contributed by atoms with Crippen LogP contribution in [0.25, 0.3) is 0 Å². The Labute approximate surface area is 102 Å². The van der Waals surface area contributed by atoms with E-state index in [4.69, 9.17) is 23.7 Å². The maximum Gasteiger partial charge on any atom is 0.186 e. The summed E-state index contributed by atoms with van der Waals surface area (Å²) >= 11 is 0. The van der Waals surface area contributed by atoms with Crippen LogP contribution >= 0.6 is 0 Å². The van der Waals surface area contributed by atoms with Gasteiger partial charge in [-0.2, -0.15) is 0 Å². The third-order valence-electron chi connectivity index (χ3n) is 3.06. The van der Waals surface area contributed by atoms with Gasteiger partial charge in [0.25, 0.3) is 0 Å². The number of hydrogen-bond donors (Lipinski definition) is 1. The minimum Gasteiger partial charge on any atom is -0.391 e. The lowest BCUT2D eigenvalue weighted by Crippen LogP contribution is -2.62. The molecular formula is C11H22O6. The summed E-state index contributed by atoms with van der Waals surface area (Å²) in [4.78, 5) is 0. The maximum absolute atomic E-state index is 9.71. The van der Waals surface area contributed by atoms with Gasteiger partial charge in [-0.3, -0.25) is 0 Å². The van der Waals surface area contributed by atoms with Crippen molar-refractivity contribution >= 4 is 0 Å². The van der Waals surface area contributed by atoms with Gasteiger partial charge in [0.2, 0.25) is 0 Å². The van der Waals surface area contributed by atoms with E-state index in [2.05, 4.69) is 0 Å². The van der Waals surface area contributed by atoms with Gasteiger partial charge < -0.3 is 28.8 Å². The smallest absolute Gasteiger partial charge is 0.186 e. The molecule has 1 heterocycles. The molecule has 0 aliphatic carbocycles. The van der Waals surface area contributed by atoms with Gasteiger partial charge in [-0.15, -0.1) is 0 Å². The number of methoxy groups -OCH3 is 4. The van der Waals surface area contributed by atoms with E-state index in [1.165, 1.54) is 7.11 Å². The number of rotatable bonds is 5. The van der Waals surface area contributed by atoms with Crippen molar-refractivity contribution in [2.24, 2.45) is 0 Å². The van der Waals surface area contributed by atoms with Gasteiger partial charge in [0.1, 0.15) is 24.4 Å². The highest BCUT2D eigenvalue weighted by atomic mass is 16.7. The van der Waals surface area contributed by atoms with E-state index in [1.54, 1.807) is 28.3 Å². The van der Waals surface area contributed by atoms with Gasteiger partial charge in [-0.05, 0) is 6.92 Å². The van der Waals surface area contributed by atoms with E-state index >= 15 is 0 Å². The largest absolute Gasteiger partial charge is 0.391 e. The fourth-order valence-electron chi connectivity index (χ4n) is 2.20. The molecular weight excluding hydrogens is 228 g/mol. The highest BCUT2D eigenvalue weighted by Gasteiger charge is 2.48. The van der Waals surface area contributed by atoms with Crippen LogP contribution in [-0.2, 0) is 23.7 Å². The van der Waals surface area contributed by atoms with Crippen molar-refractivity contribution < 1.29 is 28.8 Å². The van der Waals surface area contributed by atoms with Crippen LogP contribution in [0.2, 0.25) is 0 Å². The quantitative estimate of drug-likeness (QED) is 0.728. The fourth-order valence-corrected chi connectivity index (χ4v) is 2.20. The first kappa shape index (κ1) is 14.8. The molecule has 0 bridgehead atoms. The molecule has 1 saturated heterocycles. The average molecular weight is 250 g/mol. The second kappa shape index (κ2) is 6.63. The van der Waals surface area contributed by atoms with E-state index in [0.29, 0.717) is 0 Å². The second-order valence-corrected chi connectivity index (χ2v) is 4.05. The molecule has 1 aliphatic heterocycles. The molecule has 6 heteroatoms. The average Bonchev–Trinajstić information content (AvgIpc) is 2.35. The van der Waals surface area contributed by atoms with Crippen LogP contribution < -0.4 is 0 Å². The Kier molecular flexibility index (Phi) is 5.78. The van der Waals surface area contributed by atoms with Gasteiger partial charge in [-0.25, -0.2) is 0 Å². The van der Waals surface area contributed by atoms with E-state index in [1.807, 2.05) is 0 Å². The highest BCUT2D eigenvalue weighted by Crippen LogP contribution is 2.28. The van der Waals surface area contributed by atoms with Crippen molar-refractivity contribution in [3.8, 4) is 0 Å². The third kappa shape index (κ3) is 2.96. The second-order valence-electron chi connectivity index (χ2n) is 4.05. The summed E-state index contributed by atoms with van der Waals surface area (Å²) in [5.41, 5.74) is 0. The molecule has 102 valence electrons. The van der Waals surface area contributed by atoms with Crippen molar-refractivity contribution in [1.82, 2.24) is 0 Å². The zero-order valence-corrected chi connectivity index (χ0v) is 11.0. The Bertz CT molecular complexity index is 222. The molecule has 6 atom stereocenters. The monoisotopic (exact) mass is 250 g/mol. The summed E-state index contributed by atoms with van der Waals surface area (Å²) in [5, 5.41) is 9.71. The highest BCUT2D eigenvalue weighted by molar-refractivity contribution is 4.94. The van der Waals surface area contributed by atoms with Crippen molar-refractivity contribution in [1.29, 1.82) is 0 Å². The molecule has 3 unspecified atom stereocenters. The predicted molar refractivity (Wildman–Crippen MR) is 59.7 cm³/mol. The first-order chi connectivity index (χ1) is 8.10. The summed E-state index contributed by atoms with van der Waals surface area (Å²) in [7, 11) is 6.20. The Balaban J connectivity index is 2.92. The molecule has 1 fully saturated rings. The molecule has 0 saturated carbocycles. The van der Waals surface area contributed by atoms with Crippen molar-refractivity contribution in [2.45, 2.75) is 43.7 Å². The number of hydrogen-bond acceptors (Lipinski definition) is 6. The lowest BCUT2D eigenvalue weighted by Gasteiger charge is -2.45. The van der Waals surface area contributed by atoms with Crippen LogP contribution in [0.3, 0.4) is 0 Å². The molecule has 6 nitrogen and oxygen atoms in total. The Hall–Kier alpha value is -0.240. The molecule has 0 amide bonds. The molecule has 0 aromatic rings. The zero-order chi connectivity index (χ0) is 13.0. The fraction of sp³-hybridized carbons (Fsp3) is 1.00. The lowest BCUT2D eigenvalue weighted by molar-refractivity contribution is -0.314. The van der Waals surface area contributed by atoms with Gasteiger partial charge in [0, 0.05) is 28.4 Å². The lowest BCUT2D eigenvalue weighted by atomic mass is 9.95. The van der Waals surface area contributed by atoms with Crippen LogP contribution in [-0.4, -0.2) is 70.4 Å². The minimum absolute atomic E-state index is 0.358. The van der Waals surface area contributed by atoms with E-state index < -0.39 is 30.7 Å². The summed E-state index contributed by atoms with van der Waals surface area (Å²) in [6.45, 7) is 1.64. The van der Waals surface area contributed by atoms with E-state index in [9.17, 15) is 5.11 Å². The summed E-state index contributed by atoms with van der Waals surface area (Å²) in [6.07, 6.45) is -2.95. The van der Waals surface area contributed by atoms with Crippen LogP contribution in [0.4, 0.5) is 0 Å². The van der Waals surface area contributed by atoms with Gasteiger partial charge in [0.05, 0.1) is 6.10 Å². The summed E-state index contributed by atoms with van der Waals surface area (Å²) < 4.78 is 26.9. The predicted octanol–water partition coefficient (Wildman–Crippen LogP) is -0.216. The topological polar surface area (TPSA) is 66.4 Å². The summed E-state index contributed by atoms with van der Waals surface area (Å²) in [6, 6.07) is 0. The van der Waals surface area contributed by atoms with Crippen LogP contribution in [0.5, 0.6) is 0 Å². The van der Waals surface area contributed by atoms with Crippen molar-refractivity contribution in [3.63, 3.8) is 0 Å². The normalized spacial score (nSPS) is 40.2. The first-order valence-corrected chi connectivity index (χ1v) is 5.55. The number of aliphatic hydroxyl groups is 1. The Morgan fingerprint density at radius 1 is 0.882 bits per heavy atom. The molecule has 0 aromatic heterocycles. The molecule has 0 aromatic carbocycles. The Morgan fingerprint density at radius 2 is 1.41 bits per heavy atom. The van der Waals surface area contributed by atoms with Crippen LogP contribution in [0.15, 0.2) is 0 Å². The minimum atomic E-state index is -0.687. The van der Waals surface area contributed by atoms with E-state index in [-0.39, 0.29) is 6.10 Å². The zero-order valence-electron chi connectivity index (χ0n) is 11.0. The van der Waals surface area contributed by atoms with Gasteiger partial charge in [-0.1, -0.05) is 0 Å². The van der Waals surface area contributed by atoms with Crippen LogP contribution in [0, 0.1) is 0 Å². The first-order valence-electron chi connectivity index (χ1n) is 5.55. The molecule has 1 N–H and O–H groups in total. The molecule has 1 rings (SSSR count).